The van der Waals surface area contributed by atoms with Crippen LogP contribution in [0.4, 0.5) is 5.69 Å². The van der Waals surface area contributed by atoms with Crippen molar-refractivity contribution in [2.45, 2.75) is 8.68 Å². The summed E-state index contributed by atoms with van der Waals surface area (Å²) in [4.78, 5) is 11.9. The Bertz CT molecular complexity index is 662. The first-order valence-corrected chi connectivity index (χ1v) is 8.97. The number of benzene rings is 1. The Morgan fingerprint density at radius 2 is 2.14 bits per heavy atom. The molecular formula is C12H11N3O3S3. The number of rotatable bonds is 5. The van der Waals surface area contributed by atoms with E-state index in [2.05, 4.69) is 15.5 Å². The maximum atomic E-state index is 11.9. The Morgan fingerprint density at radius 3 is 2.95 bits per heavy atom. The molecule has 1 aromatic heterocycles. The molecule has 0 aliphatic carbocycles. The van der Waals surface area contributed by atoms with E-state index in [1.807, 2.05) is 6.26 Å². The lowest BCUT2D eigenvalue weighted by molar-refractivity contribution is -0.113. The molecule has 0 saturated carbocycles. The molecule has 110 valence electrons. The van der Waals surface area contributed by atoms with Gasteiger partial charge in [-0.3, -0.25) is 4.79 Å². The van der Waals surface area contributed by atoms with E-state index in [0.717, 1.165) is 8.68 Å². The van der Waals surface area contributed by atoms with Gasteiger partial charge in [-0.25, -0.2) is 0 Å². The Morgan fingerprint density at radius 1 is 1.33 bits per heavy atom. The third-order valence-corrected chi connectivity index (χ3v) is 5.58. The fourth-order valence-electron chi connectivity index (χ4n) is 1.64. The smallest absolute Gasteiger partial charge is 0.234 e. The standard InChI is InChI=1S/C12H11N3O3S3/c1-19-11-14-15-12(21-11)20-5-10(16)13-7-2-3-8-9(4-7)18-6-17-8/h2-4H,5-6H2,1H3,(H,13,16). The van der Waals surface area contributed by atoms with Gasteiger partial charge in [0.25, 0.3) is 0 Å². The van der Waals surface area contributed by atoms with Crippen LogP contribution in [0.5, 0.6) is 11.5 Å². The van der Waals surface area contributed by atoms with E-state index in [-0.39, 0.29) is 18.5 Å². The van der Waals surface area contributed by atoms with Gasteiger partial charge in [-0.1, -0.05) is 34.9 Å². The van der Waals surface area contributed by atoms with Crippen LogP contribution in [0.25, 0.3) is 0 Å². The van der Waals surface area contributed by atoms with Gasteiger partial charge in [0.05, 0.1) is 5.75 Å². The van der Waals surface area contributed by atoms with Gasteiger partial charge in [0, 0.05) is 11.8 Å². The average Bonchev–Trinajstić information content (AvgIpc) is 3.13. The van der Waals surface area contributed by atoms with E-state index in [9.17, 15) is 4.79 Å². The second-order valence-corrected chi connectivity index (χ2v) is 7.20. The fraction of sp³-hybridized carbons (Fsp3) is 0.250. The Labute approximate surface area is 133 Å². The molecule has 1 amide bonds. The largest absolute Gasteiger partial charge is 0.454 e. The third kappa shape index (κ3) is 3.60. The van der Waals surface area contributed by atoms with Crippen LogP contribution in [-0.2, 0) is 4.79 Å². The van der Waals surface area contributed by atoms with Crippen molar-refractivity contribution < 1.29 is 14.3 Å². The molecule has 0 spiro atoms. The first kappa shape index (κ1) is 14.5. The average molecular weight is 341 g/mol. The summed E-state index contributed by atoms with van der Waals surface area (Å²) in [7, 11) is 0. The van der Waals surface area contributed by atoms with Crippen LogP contribution in [0.1, 0.15) is 0 Å². The van der Waals surface area contributed by atoms with Gasteiger partial charge in [0.15, 0.2) is 20.2 Å². The number of thioether (sulfide) groups is 2. The Kier molecular flexibility index (Phi) is 4.51. The molecular weight excluding hydrogens is 330 g/mol. The van der Waals surface area contributed by atoms with Crippen molar-refractivity contribution in [1.82, 2.24) is 10.2 Å². The maximum Gasteiger partial charge on any atom is 0.234 e. The van der Waals surface area contributed by atoms with Crippen molar-refractivity contribution in [3.63, 3.8) is 0 Å². The topological polar surface area (TPSA) is 73.3 Å². The van der Waals surface area contributed by atoms with Crippen molar-refractivity contribution in [1.29, 1.82) is 0 Å². The van der Waals surface area contributed by atoms with E-state index in [1.165, 1.54) is 23.1 Å². The van der Waals surface area contributed by atoms with E-state index in [4.69, 9.17) is 9.47 Å². The molecule has 0 unspecified atom stereocenters. The second kappa shape index (κ2) is 6.54. The second-order valence-electron chi connectivity index (χ2n) is 3.94. The first-order valence-electron chi connectivity index (χ1n) is 5.94. The molecule has 2 aromatic rings. The summed E-state index contributed by atoms with van der Waals surface area (Å²) < 4.78 is 12.2. The van der Waals surface area contributed by atoms with Crippen molar-refractivity contribution in [2.24, 2.45) is 0 Å². The summed E-state index contributed by atoms with van der Waals surface area (Å²) >= 11 is 4.40. The highest BCUT2D eigenvalue weighted by Gasteiger charge is 2.14. The van der Waals surface area contributed by atoms with Gasteiger partial charge in [-0.2, -0.15) is 0 Å². The molecule has 1 aliphatic heterocycles. The summed E-state index contributed by atoms with van der Waals surface area (Å²) in [6.45, 7) is 0.220. The summed E-state index contributed by atoms with van der Waals surface area (Å²) in [6, 6.07) is 5.31. The molecule has 0 atom stereocenters. The number of aromatic nitrogens is 2. The molecule has 6 nitrogen and oxygen atoms in total. The predicted octanol–water partition coefficient (Wildman–Crippen LogP) is 2.72. The van der Waals surface area contributed by atoms with Crippen LogP contribution < -0.4 is 14.8 Å². The predicted molar refractivity (Wildman–Crippen MR) is 83.6 cm³/mol. The molecule has 2 heterocycles. The molecule has 3 rings (SSSR count). The number of fused-ring (bicyclic) bond motifs is 1. The Hall–Kier alpha value is -1.45. The first-order chi connectivity index (χ1) is 10.2. The van der Waals surface area contributed by atoms with Crippen molar-refractivity contribution in [2.75, 3.05) is 24.1 Å². The minimum Gasteiger partial charge on any atom is -0.454 e. The van der Waals surface area contributed by atoms with E-state index >= 15 is 0 Å². The van der Waals surface area contributed by atoms with Gasteiger partial charge in [0.2, 0.25) is 12.7 Å². The van der Waals surface area contributed by atoms with Gasteiger partial charge in [-0.05, 0) is 18.4 Å². The molecule has 21 heavy (non-hydrogen) atoms. The van der Waals surface area contributed by atoms with Gasteiger partial charge >= 0.3 is 0 Å². The van der Waals surface area contributed by atoms with Crippen LogP contribution in [0.15, 0.2) is 26.9 Å². The van der Waals surface area contributed by atoms with Crippen LogP contribution in [0.3, 0.4) is 0 Å². The quantitative estimate of drug-likeness (QED) is 0.838. The van der Waals surface area contributed by atoms with E-state index < -0.39 is 0 Å². The molecule has 9 heteroatoms. The van der Waals surface area contributed by atoms with Crippen molar-refractivity contribution in [3.05, 3.63) is 18.2 Å². The van der Waals surface area contributed by atoms with Crippen LogP contribution in [-0.4, -0.2) is 34.9 Å². The number of carbonyl (C=O) groups is 1. The number of nitrogens with one attached hydrogen (secondary N) is 1. The lowest BCUT2D eigenvalue weighted by Crippen LogP contribution is -2.13. The summed E-state index contributed by atoms with van der Waals surface area (Å²) in [6.07, 6.45) is 1.95. The highest BCUT2D eigenvalue weighted by Crippen LogP contribution is 2.34. The third-order valence-electron chi connectivity index (χ3n) is 2.55. The van der Waals surface area contributed by atoms with Crippen LogP contribution in [0.2, 0.25) is 0 Å². The number of ether oxygens (including phenoxy) is 2. The number of hydrogen-bond donors (Lipinski definition) is 1. The molecule has 1 aliphatic rings. The molecule has 0 saturated heterocycles. The minimum absolute atomic E-state index is 0.0974. The molecule has 0 radical (unpaired) electrons. The highest BCUT2D eigenvalue weighted by molar-refractivity contribution is 8.03. The number of nitrogens with zero attached hydrogens (tertiary/aromatic N) is 2. The van der Waals surface area contributed by atoms with Crippen molar-refractivity contribution >= 4 is 46.5 Å². The lowest BCUT2D eigenvalue weighted by Gasteiger charge is -2.05. The van der Waals surface area contributed by atoms with E-state index in [1.54, 1.807) is 30.0 Å². The summed E-state index contributed by atoms with van der Waals surface area (Å²) in [5.74, 6) is 1.53. The molecule has 0 fully saturated rings. The number of amides is 1. The Balaban J connectivity index is 1.54. The number of carbonyl (C=O) groups excluding carboxylic acids is 1. The SMILES string of the molecule is CSc1nnc(SCC(=O)Nc2ccc3c(c2)OCO3)s1. The zero-order valence-electron chi connectivity index (χ0n) is 11.0. The zero-order valence-corrected chi connectivity index (χ0v) is 13.4. The van der Waals surface area contributed by atoms with Crippen molar-refractivity contribution in [3.8, 4) is 11.5 Å². The summed E-state index contributed by atoms with van der Waals surface area (Å²) in [5.41, 5.74) is 0.687. The maximum absolute atomic E-state index is 11.9. The molecule has 1 N–H and O–H groups in total. The van der Waals surface area contributed by atoms with Crippen LogP contribution in [0, 0.1) is 0 Å². The summed E-state index contributed by atoms with van der Waals surface area (Å²) in [5, 5.41) is 10.8. The van der Waals surface area contributed by atoms with E-state index in [0.29, 0.717) is 17.2 Å². The fourth-order valence-corrected chi connectivity index (χ4v) is 3.87. The number of hydrogen-bond acceptors (Lipinski definition) is 8. The molecule has 1 aromatic carbocycles. The number of anilines is 1. The lowest BCUT2D eigenvalue weighted by atomic mass is 10.3. The minimum atomic E-state index is -0.0974. The molecule has 0 bridgehead atoms. The van der Waals surface area contributed by atoms with Gasteiger partial charge in [-0.15, -0.1) is 10.2 Å². The van der Waals surface area contributed by atoms with Gasteiger partial charge < -0.3 is 14.8 Å². The van der Waals surface area contributed by atoms with Crippen LogP contribution >= 0.6 is 34.9 Å². The monoisotopic (exact) mass is 341 g/mol. The van der Waals surface area contributed by atoms with Gasteiger partial charge in [0.1, 0.15) is 0 Å². The normalized spacial score (nSPS) is 12.4. The highest BCUT2D eigenvalue weighted by atomic mass is 32.2. The zero-order chi connectivity index (χ0) is 14.7.